The van der Waals surface area contributed by atoms with Gasteiger partial charge in [0.05, 0.1) is 25.3 Å². The number of amides is 1. The van der Waals surface area contributed by atoms with Gasteiger partial charge in [-0.2, -0.15) is 0 Å². The van der Waals surface area contributed by atoms with Crippen molar-refractivity contribution in [1.29, 1.82) is 0 Å². The van der Waals surface area contributed by atoms with Crippen LogP contribution in [0.25, 0.3) is 6.08 Å². The van der Waals surface area contributed by atoms with Crippen molar-refractivity contribution in [3.8, 4) is 11.5 Å². The van der Waals surface area contributed by atoms with Crippen LogP contribution in [0.5, 0.6) is 11.5 Å². The molecule has 6 heteroatoms. The first-order valence-electron chi connectivity index (χ1n) is 9.13. The largest absolute Gasteiger partial charge is 0.493 e. The lowest BCUT2D eigenvalue weighted by Gasteiger charge is -2.21. The van der Waals surface area contributed by atoms with Gasteiger partial charge < -0.3 is 19.5 Å². The normalized spacial score (nSPS) is 15.2. The van der Waals surface area contributed by atoms with Crippen molar-refractivity contribution in [2.45, 2.75) is 44.6 Å². The summed E-state index contributed by atoms with van der Waals surface area (Å²) in [7, 11) is 3.08. The molecule has 0 heterocycles. The summed E-state index contributed by atoms with van der Waals surface area (Å²) in [6.45, 7) is 1.29. The quantitative estimate of drug-likeness (QED) is 0.513. The standard InChI is InChI=1S/C20H28ClNO4/c1-24-18-14-15(13-17(21)20(18)25-2)9-10-19(23)22-11-6-12-26-16-7-4-3-5-8-16/h9-10,13-14,16H,3-8,11-12H2,1-2H3,(H,22,23)/b10-9+. The Morgan fingerprint density at radius 2 is 2.00 bits per heavy atom. The summed E-state index contributed by atoms with van der Waals surface area (Å²) in [6, 6.07) is 3.50. The van der Waals surface area contributed by atoms with Crippen LogP contribution < -0.4 is 14.8 Å². The molecule has 1 aromatic rings. The third-order valence-electron chi connectivity index (χ3n) is 4.41. The third-order valence-corrected chi connectivity index (χ3v) is 4.69. The van der Waals surface area contributed by atoms with E-state index in [1.54, 1.807) is 25.3 Å². The van der Waals surface area contributed by atoms with E-state index in [-0.39, 0.29) is 5.91 Å². The van der Waals surface area contributed by atoms with E-state index in [1.807, 2.05) is 0 Å². The minimum atomic E-state index is -0.145. The van der Waals surface area contributed by atoms with E-state index in [9.17, 15) is 4.79 Å². The molecule has 0 bridgehead atoms. The van der Waals surface area contributed by atoms with E-state index in [4.69, 9.17) is 25.8 Å². The van der Waals surface area contributed by atoms with E-state index in [0.29, 0.717) is 35.8 Å². The zero-order valence-electron chi connectivity index (χ0n) is 15.6. The first kappa shape index (κ1) is 20.6. The molecule has 1 N–H and O–H groups in total. The Kier molecular flexibility index (Phi) is 8.78. The molecule has 0 radical (unpaired) electrons. The molecule has 0 unspecified atom stereocenters. The number of carbonyl (C=O) groups is 1. The highest BCUT2D eigenvalue weighted by Gasteiger charge is 2.13. The predicted octanol–water partition coefficient (Wildman–Crippen LogP) is 4.23. The maximum Gasteiger partial charge on any atom is 0.244 e. The van der Waals surface area contributed by atoms with Crippen molar-refractivity contribution in [2.75, 3.05) is 27.4 Å². The number of methoxy groups -OCH3 is 2. The Labute approximate surface area is 160 Å². The van der Waals surface area contributed by atoms with E-state index in [2.05, 4.69) is 5.32 Å². The molecule has 0 spiro atoms. The number of ether oxygens (including phenoxy) is 3. The van der Waals surface area contributed by atoms with Crippen molar-refractivity contribution >= 4 is 23.6 Å². The molecule has 144 valence electrons. The van der Waals surface area contributed by atoms with Crippen LogP contribution in [0.2, 0.25) is 5.02 Å². The molecule has 0 aromatic heterocycles. The van der Waals surface area contributed by atoms with Gasteiger partial charge in [-0.3, -0.25) is 4.79 Å². The Bertz CT molecular complexity index is 612. The van der Waals surface area contributed by atoms with Crippen LogP contribution >= 0.6 is 11.6 Å². The molecule has 0 saturated heterocycles. The molecular formula is C20H28ClNO4. The van der Waals surface area contributed by atoms with Gasteiger partial charge >= 0.3 is 0 Å². The molecule has 1 amide bonds. The van der Waals surface area contributed by atoms with E-state index >= 15 is 0 Å². The molecule has 0 aliphatic heterocycles. The van der Waals surface area contributed by atoms with Crippen LogP contribution in [0.1, 0.15) is 44.1 Å². The van der Waals surface area contributed by atoms with Gasteiger partial charge in [0.25, 0.3) is 0 Å². The number of nitrogens with one attached hydrogen (secondary N) is 1. The Hall–Kier alpha value is -1.72. The monoisotopic (exact) mass is 381 g/mol. The van der Waals surface area contributed by atoms with Crippen molar-refractivity contribution in [2.24, 2.45) is 0 Å². The molecule has 1 aliphatic carbocycles. The molecule has 1 saturated carbocycles. The third kappa shape index (κ3) is 6.54. The SMILES string of the molecule is COc1cc(/C=C/C(=O)NCCCOC2CCCCC2)cc(Cl)c1OC. The number of benzene rings is 1. The fourth-order valence-corrected chi connectivity index (χ4v) is 3.33. The number of hydrogen-bond acceptors (Lipinski definition) is 4. The number of hydrogen-bond donors (Lipinski definition) is 1. The average molecular weight is 382 g/mol. The summed E-state index contributed by atoms with van der Waals surface area (Å²) in [4.78, 5) is 11.9. The van der Waals surface area contributed by atoms with Crippen LogP contribution in [0.4, 0.5) is 0 Å². The molecule has 2 rings (SSSR count). The fraction of sp³-hybridized carbons (Fsp3) is 0.550. The molecular weight excluding hydrogens is 354 g/mol. The number of halogens is 1. The van der Waals surface area contributed by atoms with Crippen LogP contribution in [0, 0.1) is 0 Å². The van der Waals surface area contributed by atoms with Gasteiger partial charge in [0.1, 0.15) is 0 Å². The molecule has 26 heavy (non-hydrogen) atoms. The number of carbonyl (C=O) groups excluding carboxylic acids is 1. The van der Waals surface area contributed by atoms with Crippen LogP contribution in [-0.2, 0) is 9.53 Å². The summed E-state index contributed by atoms with van der Waals surface area (Å²) in [5.41, 5.74) is 0.767. The van der Waals surface area contributed by atoms with Gasteiger partial charge in [-0.1, -0.05) is 30.9 Å². The van der Waals surface area contributed by atoms with Gasteiger partial charge in [0, 0.05) is 19.2 Å². The molecule has 5 nitrogen and oxygen atoms in total. The van der Waals surface area contributed by atoms with Crippen molar-refractivity contribution in [3.05, 3.63) is 28.8 Å². The lowest BCUT2D eigenvalue weighted by Crippen LogP contribution is -2.24. The summed E-state index contributed by atoms with van der Waals surface area (Å²) < 4.78 is 16.3. The number of rotatable bonds is 9. The zero-order valence-corrected chi connectivity index (χ0v) is 16.3. The van der Waals surface area contributed by atoms with Crippen molar-refractivity contribution in [3.63, 3.8) is 0 Å². The summed E-state index contributed by atoms with van der Waals surface area (Å²) in [6.07, 6.45) is 10.6. The summed E-state index contributed by atoms with van der Waals surface area (Å²) in [5, 5.41) is 3.30. The van der Waals surface area contributed by atoms with Gasteiger partial charge in [0.2, 0.25) is 5.91 Å². The van der Waals surface area contributed by atoms with Gasteiger partial charge in [-0.05, 0) is 43.0 Å². The minimum Gasteiger partial charge on any atom is -0.493 e. The van der Waals surface area contributed by atoms with E-state index in [1.165, 1.54) is 45.3 Å². The second kappa shape index (κ2) is 11.1. The molecule has 1 aliphatic rings. The summed E-state index contributed by atoms with van der Waals surface area (Å²) in [5.74, 6) is 0.863. The van der Waals surface area contributed by atoms with Gasteiger partial charge in [-0.25, -0.2) is 0 Å². The van der Waals surface area contributed by atoms with E-state index < -0.39 is 0 Å². The average Bonchev–Trinajstić information content (AvgIpc) is 2.66. The zero-order chi connectivity index (χ0) is 18.8. The van der Waals surface area contributed by atoms with E-state index in [0.717, 1.165) is 12.0 Å². The lowest BCUT2D eigenvalue weighted by molar-refractivity contribution is -0.116. The second-order valence-electron chi connectivity index (χ2n) is 6.35. The van der Waals surface area contributed by atoms with Crippen LogP contribution in [0.3, 0.4) is 0 Å². The Morgan fingerprint density at radius 1 is 1.23 bits per heavy atom. The Balaban J connectivity index is 1.72. The molecule has 1 aromatic carbocycles. The highest BCUT2D eigenvalue weighted by Crippen LogP contribution is 2.36. The maximum absolute atomic E-state index is 11.9. The molecule has 1 fully saturated rings. The highest BCUT2D eigenvalue weighted by atomic mass is 35.5. The highest BCUT2D eigenvalue weighted by molar-refractivity contribution is 6.32. The fourth-order valence-electron chi connectivity index (χ4n) is 3.03. The minimum absolute atomic E-state index is 0.145. The van der Waals surface area contributed by atoms with Crippen molar-refractivity contribution in [1.82, 2.24) is 5.32 Å². The first-order valence-corrected chi connectivity index (χ1v) is 9.51. The topological polar surface area (TPSA) is 56.8 Å². The van der Waals surface area contributed by atoms with Crippen LogP contribution in [-0.4, -0.2) is 39.4 Å². The lowest BCUT2D eigenvalue weighted by atomic mass is 9.98. The second-order valence-corrected chi connectivity index (χ2v) is 6.75. The smallest absolute Gasteiger partial charge is 0.244 e. The Morgan fingerprint density at radius 3 is 2.69 bits per heavy atom. The summed E-state index contributed by atoms with van der Waals surface area (Å²) >= 11 is 6.16. The van der Waals surface area contributed by atoms with Crippen LogP contribution in [0.15, 0.2) is 18.2 Å². The predicted molar refractivity (Wildman–Crippen MR) is 104 cm³/mol. The van der Waals surface area contributed by atoms with Crippen molar-refractivity contribution < 1.29 is 19.0 Å². The van der Waals surface area contributed by atoms with Gasteiger partial charge in [0.15, 0.2) is 11.5 Å². The first-order chi connectivity index (χ1) is 12.6. The molecule has 0 atom stereocenters. The van der Waals surface area contributed by atoms with Gasteiger partial charge in [-0.15, -0.1) is 0 Å². The maximum atomic E-state index is 11.9.